The molecule has 140 valence electrons. The van der Waals surface area contributed by atoms with E-state index in [4.69, 9.17) is 14.3 Å². The fraction of sp³-hybridized carbons (Fsp3) is 0.467. The van der Waals surface area contributed by atoms with Crippen molar-refractivity contribution in [2.75, 3.05) is 18.6 Å². The smallest absolute Gasteiger partial charge is 0.544 e. The van der Waals surface area contributed by atoms with Crippen LogP contribution in [0.25, 0.3) is 0 Å². The molecule has 0 spiro atoms. The van der Waals surface area contributed by atoms with Gasteiger partial charge in [-0.1, -0.05) is 0 Å². The van der Waals surface area contributed by atoms with Gasteiger partial charge in [0.15, 0.2) is 6.10 Å². The van der Waals surface area contributed by atoms with Gasteiger partial charge >= 0.3 is 35.5 Å². The van der Waals surface area contributed by atoms with Gasteiger partial charge in [-0.05, 0) is 17.5 Å². The van der Waals surface area contributed by atoms with Crippen molar-refractivity contribution in [1.29, 1.82) is 0 Å². The van der Waals surface area contributed by atoms with Crippen molar-refractivity contribution in [2.24, 2.45) is 0 Å². The van der Waals surface area contributed by atoms with Crippen molar-refractivity contribution in [2.45, 2.75) is 31.2 Å². The van der Waals surface area contributed by atoms with Crippen molar-refractivity contribution in [3.63, 3.8) is 0 Å². The fourth-order valence-corrected chi connectivity index (χ4v) is 3.76. The molecule has 1 aromatic rings. The van der Waals surface area contributed by atoms with Gasteiger partial charge in [-0.25, -0.2) is 4.79 Å². The second-order valence-electron chi connectivity index (χ2n) is 5.71. The van der Waals surface area contributed by atoms with Gasteiger partial charge in [-0.15, -0.1) is 11.3 Å². The van der Waals surface area contributed by atoms with Crippen molar-refractivity contribution < 1.29 is 68.2 Å². The number of carbonyl (C=O) groups is 4. The number of hydrogen-bond donors (Lipinski definition) is 0. The van der Waals surface area contributed by atoms with E-state index in [0.717, 1.165) is 0 Å². The van der Waals surface area contributed by atoms with Crippen LogP contribution in [0.4, 0.5) is 5.00 Å². The van der Waals surface area contributed by atoms with E-state index in [9.17, 15) is 24.3 Å². The Labute approximate surface area is 180 Å². The quantitative estimate of drug-likeness (QED) is 0.355. The number of amides is 2. The van der Waals surface area contributed by atoms with E-state index >= 15 is 0 Å². The Kier molecular flexibility index (Phi) is 6.66. The van der Waals surface area contributed by atoms with Crippen LogP contribution in [-0.4, -0.2) is 60.4 Å². The van der Waals surface area contributed by atoms with Gasteiger partial charge in [0.25, 0.3) is 11.6 Å². The molecule has 0 N–H and O–H groups in total. The first-order chi connectivity index (χ1) is 12.3. The summed E-state index contributed by atoms with van der Waals surface area (Å²) in [4.78, 5) is 54.8. The number of cyclic esters (lactones) is 1. The van der Waals surface area contributed by atoms with E-state index in [-0.39, 0.29) is 36.2 Å². The Bertz CT molecular complexity index is 757. The molecule has 0 radical (unpaired) electrons. The monoisotopic (exact) mass is 406 g/mol. The predicted molar refractivity (Wildman–Crippen MR) is 83.3 cm³/mol. The number of carboxylic acid groups (broad SMARTS) is 1. The molecule has 0 aliphatic carbocycles. The summed E-state index contributed by atoms with van der Waals surface area (Å²) < 4.78 is 9.77. The molecule has 12 heteroatoms. The number of aliphatic carboxylic acids is 1. The van der Waals surface area contributed by atoms with Crippen molar-refractivity contribution in [3.05, 3.63) is 17.5 Å². The SMILES string of the molecule is COC1CC(C(=O)[O-])(N2OC[C@H](N(C(C)=O)c3cccs3)C2=O)OC1=O.[Na+]. The summed E-state index contributed by atoms with van der Waals surface area (Å²) in [5, 5.41) is 14.4. The molecule has 1 aromatic heterocycles. The zero-order chi connectivity index (χ0) is 19.1. The summed E-state index contributed by atoms with van der Waals surface area (Å²) in [5.41, 5.74) is -2.44. The van der Waals surface area contributed by atoms with Crippen LogP contribution in [0.2, 0.25) is 0 Å². The number of ether oxygens (including phenoxy) is 2. The summed E-state index contributed by atoms with van der Waals surface area (Å²) in [7, 11) is 1.21. The van der Waals surface area contributed by atoms with Gasteiger partial charge in [0, 0.05) is 14.0 Å². The maximum absolute atomic E-state index is 12.8. The van der Waals surface area contributed by atoms with Gasteiger partial charge in [0.05, 0.1) is 11.4 Å². The Morgan fingerprint density at radius 2 is 2.15 bits per heavy atom. The molecule has 0 aromatic carbocycles. The minimum absolute atomic E-state index is 0. The third-order valence-corrected chi connectivity index (χ3v) is 5.03. The number of hydrogen-bond acceptors (Lipinski definition) is 9. The maximum atomic E-state index is 12.8. The van der Waals surface area contributed by atoms with Crippen LogP contribution in [0.3, 0.4) is 0 Å². The van der Waals surface area contributed by atoms with Crippen LogP contribution in [-0.2, 0) is 33.5 Å². The van der Waals surface area contributed by atoms with Crippen molar-refractivity contribution in [1.82, 2.24) is 5.06 Å². The molecule has 10 nitrogen and oxygen atoms in total. The van der Waals surface area contributed by atoms with Gasteiger partial charge in [-0.2, -0.15) is 5.06 Å². The molecule has 27 heavy (non-hydrogen) atoms. The molecule has 2 amide bonds. The second kappa shape index (κ2) is 8.25. The standard InChI is InChI=1S/C15H16N2O8S.Na/c1-8(18)16(11-4-3-5-26-11)9-7-24-17(12(9)19)15(14(21)22)6-10(23-2)13(20)25-15;/h3-5,9-10H,6-7H2,1-2H3,(H,21,22);/q;+1/p-1/t9-,10?,15?;/m0./s1. The minimum Gasteiger partial charge on any atom is -0.544 e. The Morgan fingerprint density at radius 1 is 1.44 bits per heavy atom. The van der Waals surface area contributed by atoms with Crippen molar-refractivity contribution >= 4 is 40.1 Å². The maximum Gasteiger partial charge on any atom is 1.00 e. The number of hydroxylamine groups is 2. The second-order valence-corrected chi connectivity index (χ2v) is 6.63. The molecule has 0 saturated carbocycles. The number of esters is 1. The van der Waals surface area contributed by atoms with E-state index < -0.39 is 48.0 Å². The van der Waals surface area contributed by atoms with Crippen molar-refractivity contribution in [3.8, 4) is 0 Å². The number of rotatable bonds is 5. The molecule has 3 rings (SSSR count). The Morgan fingerprint density at radius 3 is 2.63 bits per heavy atom. The number of methoxy groups -OCH3 is 1. The zero-order valence-corrected chi connectivity index (χ0v) is 17.7. The molecule has 2 unspecified atom stereocenters. The average Bonchev–Trinajstić information content (AvgIpc) is 3.29. The first-order valence-electron chi connectivity index (χ1n) is 7.59. The van der Waals surface area contributed by atoms with Crippen LogP contribution >= 0.6 is 11.3 Å². The normalized spacial score (nSPS) is 27.3. The summed E-state index contributed by atoms with van der Waals surface area (Å²) in [5.74, 6) is -4.01. The molecular formula is C15H15N2NaO8S. The molecule has 2 aliphatic rings. The van der Waals surface area contributed by atoms with Crippen LogP contribution in [0.5, 0.6) is 0 Å². The van der Waals surface area contributed by atoms with Crippen LogP contribution in [0, 0.1) is 0 Å². The molecular weight excluding hydrogens is 391 g/mol. The van der Waals surface area contributed by atoms with Gasteiger partial charge in [0.1, 0.15) is 18.6 Å². The Balaban J connectivity index is 0.00000261. The molecule has 2 saturated heterocycles. The van der Waals surface area contributed by atoms with Gasteiger partial charge in [0.2, 0.25) is 5.91 Å². The summed E-state index contributed by atoms with van der Waals surface area (Å²) in [6.45, 7) is 0.987. The molecule has 3 atom stereocenters. The van der Waals surface area contributed by atoms with Gasteiger partial charge < -0.3 is 19.4 Å². The number of anilines is 1. The summed E-state index contributed by atoms with van der Waals surface area (Å²) >= 11 is 1.24. The van der Waals surface area contributed by atoms with Crippen LogP contribution < -0.4 is 39.6 Å². The molecule has 2 fully saturated rings. The average molecular weight is 406 g/mol. The first-order valence-corrected chi connectivity index (χ1v) is 8.47. The van der Waals surface area contributed by atoms with E-state index in [2.05, 4.69) is 0 Å². The zero-order valence-electron chi connectivity index (χ0n) is 14.9. The van der Waals surface area contributed by atoms with Crippen LogP contribution in [0.1, 0.15) is 13.3 Å². The third kappa shape index (κ3) is 3.62. The largest absolute Gasteiger partial charge is 1.00 e. The van der Waals surface area contributed by atoms with E-state index in [0.29, 0.717) is 10.1 Å². The van der Waals surface area contributed by atoms with Crippen LogP contribution in [0.15, 0.2) is 17.5 Å². The first kappa shape index (κ1) is 21.8. The summed E-state index contributed by atoms with van der Waals surface area (Å²) in [6, 6.07) is 2.26. The Hall–Kier alpha value is -1.50. The molecule has 3 heterocycles. The minimum atomic E-state index is -2.44. The topological polar surface area (TPSA) is 126 Å². The number of carboxylic acids is 1. The molecule has 0 bridgehead atoms. The van der Waals surface area contributed by atoms with Gasteiger partial charge in [-0.3, -0.25) is 19.3 Å². The third-order valence-electron chi connectivity index (χ3n) is 4.17. The van der Waals surface area contributed by atoms with E-state index in [1.165, 1.54) is 30.3 Å². The predicted octanol–water partition coefficient (Wildman–Crippen LogP) is -4.34. The molecule has 2 aliphatic heterocycles. The number of carbonyl (C=O) groups excluding carboxylic acids is 4. The van der Waals surface area contributed by atoms with E-state index in [1.54, 1.807) is 17.5 Å². The fourth-order valence-electron chi connectivity index (χ4n) is 2.94. The van der Waals surface area contributed by atoms with E-state index in [1.807, 2.05) is 0 Å². The number of thiophene rings is 1. The summed E-state index contributed by atoms with van der Waals surface area (Å²) in [6.07, 6.45) is -1.66. The number of nitrogens with zero attached hydrogens (tertiary/aromatic N) is 2.